The third-order valence-electron chi connectivity index (χ3n) is 3.56. The molecule has 1 aromatic heterocycles. The van der Waals surface area contributed by atoms with Gasteiger partial charge in [0.1, 0.15) is 5.01 Å². The number of aromatic nitrogens is 1. The number of ether oxygens (including phenoxy) is 1. The number of benzene rings is 1. The van der Waals surface area contributed by atoms with Crippen LogP contribution in [0.3, 0.4) is 0 Å². The maximum atomic E-state index is 12.2. The quantitative estimate of drug-likeness (QED) is 0.569. The zero-order chi connectivity index (χ0) is 18.9. The van der Waals surface area contributed by atoms with Gasteiger partial charge in [0, 0.05) is 11.1 Å². The van der Waals surface area contributed by atoms with E-state index < -0.39 is 30.3 Å². The van der Waals surface area contributed by atoms with Crippen molar-refractivity contribution in [3.8, 4) is 0 Å². The number of esters is 1. The molecule has 0 saturated carbocycles. The molecule has 0 bridgehead atoms. The van der Waals surface area contributed by atoms with Crippen LogP contribution in [-0.2, 0) is 25.5 Å². The van der Waals surface area contributed by atoms with E-state index in [4.69, 9.17) is 4.74 Å². The number of amides is 2. The first kappa shape index (κ1) is 19.6. The molecule has 0 radical (unpaired) electrons. The Morgan fingerprint density at radius 2 is 1.85 bits per heavy atom. The lowest BCUT2D eigenvalue weighted by Crippen LogP contribution is -2.44. The number of hydrogen-bond acceptors (Lipinski definition) is 6. The summed E-state index contributed by atoms with van der Waals surface area (Å²) in [7, 11) is 0. The van der Waals surface area contributed by atoms with Gasteiger partial charge in [-0.25, -0.2) is 4.98 Å². The summed E-state index contributed by atoms with van der Waals surface area (Å²) in [6.07, 6.45) is 0.638. The minimum Gasteiger partial charge on any atom is -0.455 e. The molecular formula is C18H21N3O4S. The monoisotopic (exact) mass is 375 g/mol. The van der Waals surface area contributed by atoms with Crippen LogP contribution in [0, 0.1) is 6.92 Å². The Balaban J connectivity index is 1.73. The van der Waals surface area contributed by atoms with Crippen LogP contribution in [0.4, 0.5) is 0 Å². The van der Waals surface area contributed by atoms with E-state index in [9.17, 15) is 14.4 Å². The Hall–Kier alpha value is -2.74. The third kappa shape index (κ3) is 5.96. The van der Waals surface area contributed by atoms with Crippen LogP contribution in [0.1, 0.15) is 35.5 Å². The first-order valence-corrected chi connectivity index (χ1v) is 9.07. The molecule has 0 spiro atoms. The smallest absolute Gasteiger partial charge is 0.313 e. The molecule has 2 amide bonds. The summed E-state index contributed by atoms with van der Waals surface area (Å²) in [5.74, 6) is -1.90. The van der Waals surface area contributed by atoms with E-state index >= 15 is 0 Å². The summed E-state index contributed by atoms with van der Waals surface area (Å²) in [5, 5.41) is 2.51. The van der Waals surface area contributed by atoms with Crippen molar-refractivity contribution in [3.05, 3.63) is 52.0 Å². The predicted octanol–water partition coefficient (Wildman–Crippen LogP) is 1.88. The first-order chi connectivity index (χ1) is 12.5. The van der Waals surface area contributed by atoms with Gasteiger partial charge in [-0.05, 0) is 18.9 Å². The minimum atomic E-state index is -0.607. The zero-order valence-corrected chi connectivity index (χ0v) is 15.5. The maximum Gasteiger partial charge on any atom is 0.313 e. The van der Waals surface area contributed by atoms with Crippen LogP contribution in [0.5, 0.6) is 0 Å². The van der Waals surface area contributed by atoms with Gasteiger partial charge < -0.3 is 4.74 Å². The number of nitrogens with one attached hydrogen (secondary N) is 2. The fourth-order valence-corrected chi connectivity index (χ4v) is 3.07. The summed E-state index contributed by atoms with van der Waals surface area (Å²) < 4.78 is 5.05. The standard InChI is InChI=1S/C18H21N3O4S/c1-3-14(13-7-5-4-6-8-13)18(24)25-10-16(23)21-20-15(22)9-17-19-12(2)11-26-17/h4-8,11,14H,3,9-10H2,1-2H3,(H,20,22)(H,21,23). The van der Waals surface area contributed by atoms with E-state index in [-0.39, 0.29) is 6.42 Å². The molecule has 0 aliphatic heterocycles. The van der Waals surface area contributed by atoms with E-state index in [1.165, 1.54) is 11.3 Å². The fraction of sp³-hybridized carbons (Fsp3) is 0.333. The zero-order valence-electron chi connectivity index (χ0n) is 14.7. The average molecular weight is 375 g/mol. The molecule has 8 heteroatoms. The Labute approximate surface area is 155 Å². The molecule has 7 nitrogen and oxygen atoms in total. The molecule has 1 atom stereocenters. The molecule has 0 saturated heterocycles. The van der Waals surface area contributed by atoms with Gasteiger partial charge in [0.05, 0.1) is 12.3 Å². The van der Waals surface area contributed by atoms with Crippen molar-refractivity contribution in [1.29, 1.82) is 0 Å². The second-order valence-corrected chi connectivity index (χ2v) is 6.58. The second kappa shape index (κ2) is 9.67. The number of rotatable bonds is 7. The van der Waals surface area contributed by atoms with E-state index in [1.807, 2.05) is 49.6 Å². The molecule has 26 heavy (non-hydrogen) atoms. The second-order valence-electron chi connectivity index (χ2n) is 5.63. The number of carbonyl (C=O) groups excluding carboxylic acids is 3. The molecule has 2 N–H and O–H groups in total. The highest BCUT2D eigenvalue weighted by Crippen LogP contribution is 2.20. The topological polar surface area (TPSA) is 97.4 Å². The van der Waals surface area contributed by atoms with Gasteiger partial charge in [0.25, 0.3) is 5.91 Å². The first-order valence-electron chi connectivity index (χ1n) is 8.19. The molecule has 2 rings (SSSR count). The van der Waals surface area contributed by atoms with Gasteiger partial charge in [0.15, 0.2) is 6.61 Å². The molecule has 1 heterocycles. The van der Waals surface area contributed by atoms with E-state index in [0.717, 1.165) is 11.3 Å². The summed E-state index contributed by atoms with van der Waals surface area (Å²) >= 11 is 1.38. The van der Waals surface area contributed by atoms with Gasteiger partial charge in [0.2, 0.25) is 5.91 Å². The Bertz CT molecular complexity index is 761. The van der Waals surface area contributed by atoms with Crippen LogP contribution in [-0.4, -0.2) is 29.4 Å². The molecule has 2 aromatic rings. The summed E-state index contributed by atoms with van der Waals surface area (Å²) in [6.45, 7) is 3.26. The van der Waals surface area contributed by atoms with Gasteiger partial charge in [-0.3, -0.25) is 25.2 Å². The normalized spacial score (nSPS) is 11.5. The van der Waals surface area contributed by atoms with Gasteiger partial charge in [-0.1, -0.05) is 37.3 Å². The highest BCUT2D eigenvalue weighted by molar-refractivity contribution is 7.09. The van der Waals surface area contributed by atoms with Crippen LogP contribution in [0.25, 0.3) is 0 Å². The molecule has 0 aliphatic rings. The number of thiazole rings is 1. The van der Waals surface area contributed by atoms with Crippen molar-refractivity contribution >= 4 is 29.1 Å². The highest BCUT2D eigenvalue weighted by Gasteiger charge is 2.21. The van der Waals surface area contributed by atoms with Crippen LogP contribution >= 0.6 is 11.3 Å². The summed E-state index contributed by atoms with van der Waals surface area (Å²) in [4.78, 5) is 39.8. The summed E-state index contributed by atoms with van der Waals surface area (Å²) in [6, 6.07) is 9.24. The van der Waals surface area contributed by atoms with E-state index in [1.54, 1.807) is 0 Å². The van der Waals surface area contributed by atoms with Crippen molar-refractivity contribution in [3.63, 3.8) is 0 Å². The van der Waals surface area contributed by atoms with E-state index in [2.05, 4.69) is 15.8 Å². The van der Waals surface area contributed by atoms with Gasteiger partial charge in [-0.15, -0.1) is 11.3 Å². The molecule has 138 valence electrons. The van der Waals surface area contributed by atoms with Crippen LogP contribution in [0.15, 0.2) is 35.7 Å². The van der Waals surface area contributed by atoms with Crippen molar-refractivity contribution < 1.29 is 19.1 Å². The lowest BCUT2D eigenvalue weighted by Gasteiger charge is -2.14. The Morgan fingerprint density at radius 3 is 2.46 bits per heavy atom. The number of carbonyl (C=O) groups is 3. The van der Waals surface area contributed by atoms with E-state index in [0.29, 0.717) is 11.4 Å². The molecule has 1 aromatic carbocycles. The number of hydrazine groups is 1. The molecule has 0 fully saturated rings. The molecule has 1 unspecified atom stereocenters. The lowest BCUT2D eigenvalue weighted by molar-refractivity contribution is -0.150. The number of hydrogen-bond donors (Lipinski definition) is 2. The SMILES string of the molecule is CCC(C(=O)OCC(=O)NNC(=O)Cc1nc(C)cs1)c1ccccc1. The van der Waals surface area contributed by atoms with Gasteiger partial charge in [-0.2, -0.15) is 0 Å². The minimum absolute atomic E-state index is 0.0739. The number of nitrogens with zero attached hydrogens (tertiary/aromatic N) is 1. The van der Waals surface area contributed by atoms with Crippen LogP contribution < -0.4 is 10.9 Å². The van der Waals surface area contributed by atoms with Crippen molar-refractivity contribution in [2.45, 2.75) is 32.6 Å². The van der Waals surface area contributed by atoms with Crippen LogP contribution in [0.2, 0.25) is 0 Å². The Morgan fingerprint density at radius 1 is 1.15 bits per heavy atom. The average Bonchev–Trinajstić information content (AvgIpc) is 3.04. The lowest BCUT2D eigenvalue weighted by atomic mass is 9.97. The Kier molecular flexibility index (Phi) is 7.28. The predicted molar refractivity (Wildman–Crippen MR) is 97.3 cm³/mol. The molecular weight excluding hydrogens is 354 g/mol. The largest absolute Gasteiger partial charge is 0.455 e. The summed E-state index contributed by atoms with van der Waals surface area (Å²) in [5.41, 5.74) is 6.18. The fourth-order valence-electron chi connectivity index (χ4n) is 2.30. The van der Waals surface area contributed by atoms with Crippen molar-refractivity contribution in [1.82, 2.24) is 15.8 Å². The highest BCUT2D eigenvalue weighted by atomic mass is 32.1. The number of aryl methyl sites for hydroxylation is 1. The van der Waals surface area contributed by atoms with Crippen molar-refractivity contribution in [2.24, 2.45) is 0 Å². The van der Waals surface area contributed by atoms with Crippen molar-refractivity contribution in [2.75, 3.05) is 6.61 Å². The molecule has 0 aliphatic carbocycles. The third-order valence-corrected chi connectivity index (χ3v) is 4.53. The van der Waals surface area contributed by atoms with Gasteiger partial charge >= 0.3 is 5.97 Å². The maximum absolute atomic E-state index is 12.2.